The van der Waals surface area contributed by atoms with Gasteiger partial charge < -0.3 is 14.6 Å². The van der Waals surface area contributed by atoms with Gasteiger partial charge in [-0.15, -0.1) is 0 Å². The predicted octanol–water partition coefficient (Wildman–Crippen LogP) is 1.64. The molecule has 1 atom stereocenters. The Balaban J connectivity index is 1.82. The number of likely N-dealkylation sites (tertiary alicyclic amines) is 1. The average Bonchev–Trinajstić information content (AvgIpc) is 2.86. The molecular weight excluding hydrogens is 188 g/mol. The van der Waals surface area contributed by atoms with Crippen molar-refractivity contribution in [3.63, 3.8) is 0 Å². The maximum absolute atomic E-state index is 9.39. The fraction of sp³-hybridized carbons (Fsp3) is 0.667. The third-order valence-electron chi connectivity index (χ3n) is 3.13. The molecule has 2 rings (SSSR count). The number of aromatic nitrogens is 1. The lowest BCUT2D eigenvalue weighted by molar-refractivity contribution is 0.199. The van der Waals surface area contributed by atoms with Gasteiger partial charge >= 0.3 is 0 Å². The summed E-state index contributed by atoms with van der Waals surface area (Å²) in [5.74, 6) is 0. The van der Waals surface area contributed by atoms with Gasteiger partial charge in [-0.25, -0.2) is 0 Å². The number of aliphatic hydroxyl groups is 1. The normalized spacial score (nSPS) is 19.6. The average molecular weight is 208 g/mol. The van der Waals surface area contributed by atoms with Crippen molar-refractivity contribution in [2.45, 2.75) is 32.4 Å². The molecule has 15 heavy (non-hydrogen) atoms. The van der Waals surface area contributed by atoms with E-state index in [0.717, 1.165) is 18.7 Å². The van der Waals surface area contributed by atoms with Crippen LogP contribution in [-0.4, -0.2) is 34.2 Å². The smallest absolute Gasteiger partial charge is 0.0776 e. The van der Waals surface area contributed by atoms with Crippen molar-refractivity contribution in [3.05, 3.63) is 24.0 Å². The quantitative estimate of drug-likeness (QED) is 0.814. The first-order chi connectivity index (χ1) is 7.25. The Morgan fingerprint density at radius 3 is 2.67 bits per heavy atom. The minimum atomic E-state index is -0.349. The minimum absolute atomic E-state index is 0.349. The molecule has 0 bridgehead atoms. The molecule has 0 saturated carbocycles. The highest BCUT2D eigenvalue weighted by atomic mass is 16.3. The molecule has 1 aliphatic heterocycles. The number of rotatable bonds is 4. The second kappa shape index (κ2) is 4.81. The molecule has 1 saturated heterocycles. The summed E-state index contributed by atoms with van der Waals surface area (Å²) in [5, 5.41) is 9.39. The van der Waals surface area contributed by atoms with Crippen LogP contribution in [0.3, 0.4) is 0 Å². The van der Waals surface area contributed by atoms with E-state index in [-0.39, 0.29) is 6.10 Å². The van der Waals surface area contributed by atoms with E-state index in [1.165, 1.54) is 25.9 Å². The largest absolute Gasteiger partial charge is 0.389 e. The third-order valence-corrected chi connectivity index (χ3v) is 3.13. The van der Waals surface area contributed by atoms with Crippen molar-refractivity contribution in [2.75, 3.05) is 19.6 Å². The molecule has 1 aromatic heterocycles. The second-order valence-electron chi connectivity index (χ2n) is 4.41. The van der Waals surface area contributed by atoms with Crippen LogP contribution in [0.15, 0.2) is 18.5 Å². The van der Waals surface area contributed by atoms with Gasteiger partial charge in [0.2, 0.25) is 0 Å². The summed E-state index contributed by atoms with van der Waals surface area (Å²) in [4.78, 5) is 2.50. The summed E-state index contributed by atoms with van der Waals surface area (Å²) in [7, 11) is 0. The summed E-state index contributed by atoms with van der Waals surface area (Å²) >= 11 is 0. The van der Waals surface area contributed by atoms with Crippen molar-refractivity contribution in [3.8, 4) is 0 Å². The summed E-state index contributed by atoms with van der Waals surface area (Å²) in [6.45, 7) is 6.48. The van der Waals surface area contributed by atoms with E-state index >= 15 is 0 Å². The topological polar surface area (TPSA) is 28.4 Å². The van der Waals surface area contributed by atoms with Gasteiger partial charge in [-0.05, 0) is 44.5 Å². The van der Waals surface area contributed by atoms with E-state index in [1.54, 1.807) is 6.92 Å². The van der Waals surface area contributed by atoms with E-state index in [9.17, 15) is 5.11 Å². The molecule has 0 amide bonds. The fourth-order valence-electron chi connectivity index (χ4n) is 2.11. The van der Waals surface area contributed by atoms with Gasteiger partial charge in [-0.2, -0.15) is 0 Å². The molecule has 1 aromatic rings. The van der Waals surface area contributed by atoms with Crippen molar-refractivity contribution in [1.29, 1.82) is 0 Å². The van der Waals surface area contributed by atoms with Gasteiger partial charge in [0, 0.05) is 25.5 Å². The number of aliphatic hydroxyl groups excluding tert-OH is 1. The minimum Gasteiger partial charge on any atom is -0.389 e. The highest BCUT2D eigenvalue weighted by Gasteiger charge is 2.10. The molecule has 0 aliphatic carbocycles. The van der Waals surface area contributed by atoms with Gasteiger partial charge in [0.15, 0.2) is 0 Å². The second-order valence-corrected chi connectivity index (χ2v) is 4.41. The Hall–Kier alpha value is -0.800. The zero-order valence-corrected chi connectivity index (χ0v) is 9.39. The van der Waals surface area contributed by atoms with Crippen LogP contribution in [0.5, 0.6) is 0 Å². The first kappa shape index (κ1) is 10.7. The molecule has 1 aliphatic rings. The lowest BCUT2D eigenvalue weighted by Crippen LogP contribution is -2.23. The first-order valence-corrected chi connectivity index (χ1v) is 5.82. The maximum atomic E-state index is 9.39. The van der Waals surface area contributed by atoms with E-state index in [4.69, 9.17) is 0 Å². The lowest BCUT2D eigenvalue weighted by atomic mass is 10.2. The molecule has 1 fully saturated rings. The van der Waals surface area contributed by atoms with Crippen molar-refractivity contribution >= 4 is 0 Å². The number of hydrogen-bond acceptors (Lipinski definition) is 2. The SMILES string of the molecule is CC(O)c1ccn(CCN2CCCC2)c1. The van der Waals surface area contributed by atoms with Gasteiger partial charge in [0.25, 0.3) is 0 Å². The van der Waals surface area contributed by atoms with Gasteiger partial charge in [0.05, 0.1) is 6.10 Å². The van der Waals surface area contributed by atoms with E-state index in [1.807, 2.05) is 12.3 Å². The van der Waals surface area contributed by atoms with Crippen molar-refractivity contribution in [1.82, 2.24) is 9.47 Å². The molecule has 1 unspecified atom stereocenters. The van der Waals surface area contributed by atoms with E-state index in [0.29, 0.717) is 0 Å². The van der Waals surface area contributed by atoms with Crippen LogP contribution in [0, 0.1) is 0 Å². The van der Waals surface area contributed by atoms with Crippen LogP contribution in [0.1, 0.15) is 31.4 Å². The summed E-state index contributed by atoms with van der Waals surface area (Å²) < 4.78 is 2.17. The standard InChI is InChI=1S/C12H20N2O/c1-11(15)12-4-7-14(10-12)9-8-13-5-2-3-6-13/h4,7,10-11,15H,2-3,5-6,8-9H2,1H3. The summed E-state index contributed by atoms with van der Waals surface area (Å²) in [6, 6.07) is 1.99. The van der Waals surface area contributed by atoms with Gasteiger partial charge in [-0.3, -0.25) is 0 Å². The Bertz CT molecular complexity index is 300. The lowest BCUT2D eigenvalue weighted by Gasteiger charge is -2.14. The number of nitrogens with zero attached hydrogens (tertiary/aromatic N) is 2. The molecule has 3 nitrogen and oxygen atoms in total. The predicted molar refractivity (Wildman–Crippen MR) is 60.7 cm³/mol. The Kier molecular flexibility index (Phi) is 3.44. The molecule has 0 spiro atoms. The van der Waals surface area contributed by atoms with Crippen molar-refractivity contribution < 1.29 is 5.11 Å². The molecular formula is C12H20N2O. The van der Waals surface area contributed by atoms with Crippen LogP contribution in [0.25, 0.3) is 0 Å². The van der Waals surface area contributed by atoms with Crippen LogP contribution < -0.4 is 0 Å². The molecule has 0 aromatic carbocycles. The molecule has 0 radical (unpaired) electrons. The van der Waals surface area contributed by atoms with Crippen LogP contribution >= 0.6 is 0 Å². The zero-order valence-electron chi connectivity index (χ0n) is 9.39. The maximum Gasteiger partial charge on any atom is 0.0776 e. The zero-order chi connectivity index (χ0) is 10.7. The molecule has 84 valence electrons. The van der Waals surface area contributed by atoms with Crippen LogP contribution in [0.2, 0.25) is 0 Å². The monoisotopic (exact) mass is 208 g/mol. The van der Waals surface area contributed by atoms with E-state index in [2.05, 4.69) is 15.7 Å². The van der Waals surface area contributed by atoms with Crippen LogP contribution in [0.4, 0.5) is 0 Å². The molecule has 3 heteroatoms. The van der Waals surface area contributed by atoms with E-state index < -0.39 is 0 Å². The Labute approximate surface area is 91.3 Å². The Morgan fingerprint density at radius 2 is 2.07 bits per heavy atom. The van der Waals surface area contributed by atoms with Gasteiger partial charge in [-0.1, -0.05) is 0 Å². The number of hydrogen-bond donors (Lipinski definition) is 1. The molecule has 1 N–H and O–H groups in total. The molecule has 2 heterocycles. The summed E-state index contributed by atoms with van der Waals surface area (Å²) in [6.07, 6.45) is 6.45. The highest BCUT2D eigenvalue weighted by molar-refractivity contribution is 5.12. The van der Waals surface area contributed by atoms with Gasteiger partial charge in [0.1, 0.15) is 0 Å². The third kappa shape index (κ3) is 2.83. The summed E-state index contributed by atoms with van der Waals surface area (Å²) in [5.41, 5.74) is 1.01. The Morgan fingerprint density at radius 1 is 1.33 bits per heavy atom. The first-order valence-electron chi connectivity index (χ1n) is 5.82. The highest BCUT2D eigenvalue weighted by Crippen LogP contribution is 2.12. The van der Waals surface area contributed by atoms with Crippen LogP contribution in [-0.2, 0) is 6.54 Å². The van der Waals surface area contributed by atoms with Crippen molar-refractivity contribution in [2.24, 2.45) is 0 Å². The fourth-order valence-corrected chi connectivity index (χ4v) is 2.11.